The zero-order chi connectivity index (χ0) is 26.1. The predicted molar refractivity (Wildman–Crippen MR) is 154 cm³/mol. The molecule has 9 heteroatoms. The SMILES string of the molecule is CC(C)C[C@H](C(=O)NCc1ccc(Cl)c(Cl)c1)N1CCC(CCc2ccccc2)N(CCN)CC1=O.Cl. The van der Waals surface area contributed by atoms with E-state index in [1.165, 1.54) is 5.56 Å². The van der Waals surface area contributed by atoms with E-state index >= 15 is 0 Å². The summed E-state index contributed by atoms with van der Waals surface area (Å²) in [6, 6.07) is 15.4. The van der Waals surface area contributed by atoms with Gasteiger partial charge in [-0.3, -0.25) is 14.5 Å². The van der Waals surface area contributed by atoms with E-state index in [0.717, 1.165) is 24.8 Å². The summed E-state index contributed by atoms with van der Waals surface area (Å²) >= 11 is 12.1. The molecule has 2 aromatic rings. The van der Waals surface area contributed by atoms with Gasteiger partial charge in [0.2, 0.25) is 11.8 Å². The van der Waals surface area contributed by atoms with Crippen LogP contribution >= 0.6 is 35.6 Å². The number of hydrogen-bond acceptors (Lipinski definition) is 4. The van der Waals surface area contributed by atoms with Crippen LogP contribution in [0.3, 0.4) is 0 Å². The fourth-order valence-electron chi connectivity index (χ4n) is 4.83. The summed E-state index contributed by atoms with van der Waals surface area (Å²) in [5, 5.41) is 3.94. The minimum Gasteiger partial charge on any atom is -0.350 e. The Morgan fingerprint density at radius 1 is 1.11 bits per heavy atom. The van der Waals surface area contributed by atoms with Gasteiger partial charge in [0.15, 0.2) is 0 Å². The molecule has 0 bridgehead atoms. The molecule has 1 aliphatic rings. The smallest absolute Gasteiger partial charge is 0.243 e. The third-order valence-corrected chi connectivity index (χ3v) is 7.47. The first-order chi connectivity index (χ1) is 17.3. The molecule has 2 atom stereocenters. The molecule has 2 aromatic carbocycles. The largest absolute Gasteiger partial charge is 0.350 e. The topological polar surface area (TPSA) is 78.7 Å². The van der Waals surface area contributed by atoms with E-state index in [0.29, 0.717) is 42.6 Å². The number of amides is 2. The fraction of sp³-hybridized carbons (Fsp3) is 0.500. The number of nitrogens with two attached hydrogens (primary N) is 1. The molecule has 0 aromatic heterocycles. The quantitative estimate of drug-likeness (QED) is 0.402. The highest BCUT2D eigenvalue weighted by molar-refractivity contribution is 6.42. The molecule has 0 saturated carbocycles. The van der Waals surface area contributed by atoms with Gasteiger partial charge in [-0.1, -0.05) is 73.4 Å². The number of halogens is 3. The molecule has 37 heavy (non-hydrogen) atoms. The Kier molecular flexibility index (Phi) is 13.2. The third-order valence-electron chi connectivity index (χ3n) is 6.73. The molecule has 0 spiro atoms. The van der Waals surface area contributed by atoms with Gasteiger partial charge in [-0.2, -0.15) is 0 Å². The second-order valence-electron chi connectivity index (χ2n) is 9.92. The highest BCUT2D eigenvalue weighted by Gasteiger charge is 2.35. The van der Waals surface area contributed by atoms with E-state index < -0.39 is 6.04 Å². The summed E-state index contributed by atoms with van der Waals surface area (Å²) < 4.78 is 0. The fourth-order valence-corrected chi connectivity index (χ4v) is 5.15. The number of rotatable bonds is 11. The summed E-state index contributed by atoms with van der Waals surface area (Å²) in [5.74, 6) is 0.105. The second kappa shape index (κ2) is 15.6. The van der Waals surface area contributed by atoms with Crippen molar-refractivity contribution < 1.29 is 9.59 Å². The Morgan fingerprint density at radius 2 is 1.84 bits per heavy atom. The van der Waals surface area contributed by atoms with Gasteiger partial charge in [0.1, 0.15) is 6.04 Å². The number of nitrogens with zero attached hydrogens (tertiary/aromatic N) is 2. The molecular weight excluding hydrogens is 531 g/mol. The van der Waals surface area contributed by atoms with Crippen LogP contribution in [0.15, 0.2) is 48.5 Å². The van der Waals surface area contributed by atoms with Crippen LogP contribution in [-0.4, -0.2) is 59.9 Å². The maximum Gasteiger partial charge on any atom is 0.243 e. The Morgan fingerprint density at radius 3 is 2.49 bits per heavy atom. The summed E-state index contributed by atoms with van der Waals surface area (Å²) in [5.41, 5.74) is 8.05. The van der Waals surface area contributed by atoms with Gasteiger partial charge < -0.3 is 16.0 Å². The Balaban J connectivity index is 0.00000481. The number of carbonyl (C=O) groups is 2. The maximum atomic E-state index is 13.4. The molecule has 1 saturated heterocycles. The van der Waals surface area contributed by atoms with Crippen LogP contribution in [0.25, 0.3) is 0 Å². The van der Waals surface area contributed by atoms with Crippen LogP contribution in [0.5, 0.6) is 0 Å². The van der Waals surface area contributed by atoms with Crippen molar-refractivity contribution in [3.63, 3.8) is 0 Å². The van der Waals surface area contributed by atoms with Gasteiger partial charge in [-0.15, -0.1) is 12.4 Å². The highest BCUT2D eigenvalue weighted by Crippen LogP contribution is 2.24. The predicted octanol–water partition coefficient (Wildman–Crippen LogP) is 4.94. The van der Waals surface area contributed by atoms with Crippen molar-refractivity contribution in [2.24, 2.45) is 11.7 Å². The Bertz CT molecular complexity index is 1010. The first-order valence-corrected chi connectivity index (χ1v) is 13.5. The molecule has 0 aliphatic carbocycles. The van der Waals surface area contributed by atoms with Gasteiger partial charge >= 0.3 is 0 Å². The molecule has 3 N–H and O–H groups in total. The summed E-state index contributed by atoms with van der Waals surface area (Å²) in [7, 11) is 0. The lowest BCUT2D eigenvalue weighted by Gasteiger charge is -2.31. The lowest BCUT2D eigenvalue weighted by Crippen LogP contribution is -2.51. The van der Waals surface area contributed by atoms with E-state index in [1.807, 2.05) is 12.1 Å². The first kappa shape index (κ1) is 31.4. The van der Waals surface area contributed by atoms with Crippen LogP contribution < -0.4 is 11.1 Å². The van der Waals surface area contributed by atoms with E-state index in [4.69, 9.17) is 28.9 Å². The molecule has 3 rings (SSSR count). The molecule has 6 nitrogen and oxygen atoms in total. The first-order valence-electron chi connectivity index (χ1n) is 12.8. The van der Waals surface area contributed by atoms with Gasteiger partial charge in [-0.05, 0) is 54.9 Å². The monoisotopic (exact) mass is 568 g/mol. The summed E-state index contributed by atoms with van der Waals surface area (Å²) in [6.07, 6.45) is 3.31. The summed E-state index contributed by atoms with van der Waals surface area (Å²) in [6.45, 7) is 6.47. The molecule has 2 amide bonds. The lowest BCUT2D eigenvalue weighted by atomic mass is 9.99. The van der Waals surface area contributed by atoms with E-state index in [1.54, 1.807) is 17.0 Å². The average Bonchev–Trinajstić information content (AvgIpc) is 3.00. The van der Waals surface area contributed by atoms with Crippen molar-refractivity contribution in [3.8, 4) is 0 Å². The number of nitrogens with one attached hydrogen (secondary N) is 1. The highest BCUT2D eigenvalue weighted by atomic mass is 35.5. The molecule has 1 unspecified atom stereocenters. The van der Waals surface area contributed by atoms with Crippen molar-refractivity contribution in [1.82, 2.24) is 15.1 Å². The minimum atomic E-state index is -0.520. The Hall–Kier alpha value is -1.83. The van der Waals surface area contributed by atoms with Crippen LogP contribution in [0.1, 0.15) is 44.2 Å². The lowest BCUT2D eigenvalue weighted by molar-refractivity contribution is -0.141. The number of benzene rings is 2. The molecule has 204 valence electrons. The summed E-state index contributed by atoms with van der Waals surface area (Å²) in [4.78, 5) is 30.8. The van der Waals surface area contributed by atoms with Gasteiger partial charge in [0, 0.05) is 32.2 Å². The minimum absolute atomic E-state index is 0. The molecule has 1 heterocycles. The second-order valence-corrected chi connectivity index (χ2v) is 10.7. The van der Waals surface area contributed by atoms with Crippen molar-refractivity contribution in [2.45, 2.75) is 58.2 Å². The standard InChI is InChI=1S/C28H38Cl2N4O2.ClH/c1-20(2)16-26(28(36)32-18-22-9-11-24(29)25(30)17-22)34-14-12-23(33(15-13-31)19-27(34)35)10-8-21-6-4-3-5-7-21;/h3-7,9,11,17,20,23,26H,8,10,12-16,18-19,31H2,1-2H3,(H,32,36);1H/t23?,26-;/m1./s1. The van der Waals surface area contributed by atoms with Crippen molar-refractivity contribution in [3.05, 3.63) is 69.7 Å². The number of carbonyl (C=O) groups excluding carboxylic acids is 2. The van der Waals surface area contributed by atoms with Gasteiger partial charge in [0.25, 0.3) is 0 Å². The molecule has 0 radical (unpaired) electrons. The molecule has 1 aliphatic heterocycles. The number of hydrogen-bond donors (Lipinski definition) is 2. The van der Waals surface area contributed by atoms with E-state index in [9.17, 15) is 9.59 Å². The van der Waals surface area contributed by atoms with E-state index in [2.05, 4.69) is 48.3 Å². The average molecular weight is 570 g/mol. The van der Waals surface area contributed by atoms with Crippen LogP contribution in [0.2, 0.25) is 10.0 Å². The van der Waals surface area contributed by atoms with Crippen molar-refractivity contribution in [1.29, 1.82) is 0 Å². The van der Waals surface area contributed by atoms with Gasteiger partial charge in [-0.25, -0.2) is 0 Å². The molecular formula is C28H39Cl3N4O2. The number of aryl methyl sites for hydroxylation is 1. The van der Waals surface area contributed by atoms with Crippen molar-refractivity contribution in [2.75, 3.05) is 26.2 Å². The normalized spacial score (nSPS) is 17.3. The van der Waals surface area contributed by atoms with Crippen LogP contribution in [0.4, 0.5) is 0 Å². The third kappa shape index (κ3) is 9.45. The van der Waals surface area contributed by atoms with Crippen LogP contribution in [-0.2, 0) is 22.6 Å². The van der Waals surface area contributed by atoms with Crippen molar-refractivity contribution >= 4 is 47.4 Å². The van der Waals surface area contributed by atoms with Gasteiger partial charge in [0.05, 0.1) is 16.6 Å². The Labute approximate surface area is 237 Å². The molecule has 1 fully saturated rings. The maximum absolute atomic E-state index is 13.4. The zero-order valence-electron chi connectivity index (χ0n) is 21.7. The van der Waals surface area contributed by atoms with Crippen LogP contribution in [0, 0.1) is 5.92 Å². The zero-order valence-corrected chi connectivity index (χ0v) is 24.0. The van der Waals surface area contributed by atoms with E-state index in [-0.39, 0.29) is 42.7 Å².